The van der Waals surface area contributed by atoms with Gasteiger partial charge in [-0.3, -0.25) is 9.35 Å². The first-order valence-corrected chi connectivity index (χ1v) is 21.5. The lowest BCUT2D eigenvalue weighted by Gasteiger charge is -2.41. The summed E-state index contributed by atoms with van der Waals surface area (Å²) < 4.78 is 47.2. The van der Waals surface area contributed by atoms with Gasteiger partial charge in [-0.2, -0.15) is 8.42 Å². The number of nitrogens with one attached hydrogen (secondary N) is 1. The fraction of sp³-hybridized carbons (Fsp3) is 0.921. The Bertz CT molecular complexity index is 1020. The molecular formula is C38H73NO12S. The van der Waals surface area contributed by atoms with Crippen LogP contribution in [-0.2, 0) is 28.9 Å². The minimum atomic E-state index is -5.11. The van der Waals surface area contributed by atoms with E-state index in [1.165, 1.54) is 96.0 Å². The maximum Gasteiger partial charge on any atom is 0.397 e. The fourth-order valence-electron chi connectivity index (χ4n) is 6.40. The predicted molar refractivity (Wildman–Crippen MR) is 201 cm³/mol. The van der Waals surface area contributed by atoms with Crippen molar-refractivity contribution < 1.29 is 57.0 Å². The molecule has 13 nitrogen and oxygen atoms in total. The molecule has 1 fully saturated rings. The second kappa shape index (κ2) is 30.1. The van der Waals surface area contributed by atoms with Gasteiger partial charge in [-0.1, -0.05) is 154 Å². The summed E-state index contributed by atoms with van der Waals surface area (Å²) in [7, 11) is -5.11. The van der Waals surface area contributed by atoms with Gasteiger partial charge in [-0.25, -0.2) is 4.18 Å². The molecule has 7 N–H and O–H groups in total. The third-order valence-electron chi connectivity index (χ3n) is 9.68. The van der Waals surface area contributed by atoms with E-state index in [0.717, 1.165) is 38.5 Å². The molecule has 1 aliphatic heterocycles. The third kappa shape index (κ3) is 22.9. The van der Waals surface area contributed by atoms with E-state index in [2.05, 4.69) is 23.3 Å². The zero-order valence-electron chi connectivity index (χ0n) is 32.0. The lowest BCUT2D eigenvalue weighted by Crippen LogP contribution is -2.61. The van der Waals surface area contributed by atoms with E-state index < -0.39 is 78.5 Å². The van der Waals surface area contributed by atoms with Crippen LogP contribution in [0.1, 0.15) is 162 Å². The largest absolute Gasteiger partial charge is 0.397 e. The number of unbranched alkanes of at least 4 members (excludes halogenated alkanes) is 20. The Hall–Kier alpha value is -1.20. The number of amides is 1. The molecule has 52 heavy (non-hydrogen) atoms. The molecule has 1 amide bonds. The lowest BCUT2D eigenvalue weighted by molar-refractivity contribution is -0.298. The van der Waals surface area contributed by atoms with Gasteiger partial charge < -0.3 is 40.3 Å². The van der Waals surface area contributed by atoms with E-state index in [0.29, 0.717) is 12.8 Å². The van der Waals surface area contributed by atoms with Gasteiger partial charge in [0, 0.05) is 0 Å². The smallest absolute Gasteiger partial charge is 0.394 e. The van der Waals surface area contributed by atoms with Crippen molar-refractivity contribution >= 4 is 16.3 Å². The minimum Gasteiger partial charge on any atom is -0.394 e. The first-order valence-electron chi connectivity index (χ1n) is 20.2. The quantitative estimate of drug-likeness (QED) is 0.0254. The first kappa shape index (κ1) is 48.8. The van der Waals surface area contributed by atoms with Crippen LogP contribution < -0.4 is 5.32 Å². The van der Waals surface area contributed by atoms with Crippen LogP contribution in [0, 0.1) is 0 Å². The second-order valence-electron chi connectivity index (χ2n) is 14.4. The van der Waals surface area contributed by atoms with Gasteiger partial charge in [0.05, 0.1) is 25.4 Å². The van der Waals surface area contributed by atoms with Crippen molar-refractivity contribution in [3.63, 3.8) is 0 Å². The van der Waals surface area contributed by atoms with Gasteiger partial charge in [0.15, 0.2) is 6.29 Å². The number of allylic oxidation sites excluding steroid dienone is 1. The summed E-state index contributed by atoms with van der Waals surface area (Å²) in [6, 6.07) is -1.11. The van der Waals surface area contributed by atoms with Gasteiger partial charge in [-0.15, -0.1) is 0 Å². The molecule has 1 aliphatic rings. The molecule has 1 rings (SSSR count). The molecule has 0 bridgehead atoms. The zero-order valence-corrected chi connectivity index (χ0v) is 32.8. The normalized spacial score (nSPS) is 22.8. The molecule has 8 atom stereocenters. The molecule has 308 valence electrons. The Labute approximate surface area is 313 Å². The average molecular weight is 768 g/mol. The number of aliphatic hydroxyl groups excluding tert-OH is 5. The van der Waals surface area contributed by atoms with E-state index in [-0.39, 0.29) is 6.42 Å². The highest BCUT2D eigenvalue weighted by molar-refractivity contribution is 7.80. The molecule has 1 saturated heterocycles. The monoisotopic (exact) mass is 767 g/mol. The van der Waals surface area contributed by atoms with Gasteiger partial charge >= 0.3 is 10.4 Å². The highest BCUT2D eigenvalue weighted by Crippen LogP contribution is 2.26. The van der Waals surface area contributed by atoms with Crippen LogP contribution in [0.3, 0.4) is 0 Å². The number of hydrogen-bond acceptors (Lipinski definition) is 11. The molecule has 0 radical (unpaired) electrons. The maximum atomic E-state index is 13.0. The highest BCUT2D eigenvalue weighted by atomic mass is 32.3. The second-order valence-corrected chi connectivity index (χ2v) is 15.4. The molecule has 0 aromatic rings. The van der Waals surface area contributed by atoms with Crippen molar-refractivity contribution in [2.24, 2.45) is 0 Å². The van der Waals surface area contributed by atoms with Gasteiger partial charge in [-0.05, 0) is 19.3 Å². The Kier molecular flexibility index (Phi) is 28.2. The van der Waals surface area contributed by atoms with Crippen molar-refractivity contribution in [2.75, 3.05) is 13.2 Å². The molecule has 0 aliphatic carbocycles. The number of carbonyl (C=O) groups excluding carboxylic acids is 1. The number of hydrogen-bond donors (Lipinski definition) is 7. The van der Waals surface area contributed by atoms with Crippen molar-refractivity contribution in [2.45, 2.75) is 210 Å². The van der Waals surface area contributed by atoms with E-state index in [1.807, 2.05) is 6.08 Å². The molecule has 0 aromatic heterocycles. The molecule has 0 spiro atoms. The Morgan fingerprint density at radius 2 is 1.25 bits per heavy atom. The lowest BCUT2D eigenvalue weighted by atomic mass is 9.99. The van der Waals surface area contributed by atoms with E-state index in [9.17, 15) is 38.7 Å². The van der Waals surface area contributed by atoms with Crippen molar-refractivity contribution in [3.8, 4) is 0 Å². The first-order chi connectivity index (χ1) is 24.9. The summed E-state index contributed by atoms with van der Waals surface area (Å²) in [6.07, 6.45) is 17.5. The number of ether oxygens (including phenoxy) is 2. The van der Waals surface area contributed by atoms with E-state index in [1.54, 1.807) is 0 Å². The molecule has 1 heterocycles. The summed E-state index contributed by atoms with van der Waals surface area (Å²) in [6.45, 7) is 3.14. The van der Waals surface area contributed by atoms with Gasteiger partial charge in [0.1, 0.15) is 30.5 Å². The predicted octanol–water partition coefficient (Wildman–Crippen LogP) is 5.40. The number of carbonyl (C=O) groups is 1. The van der Waals surface area contributed by atoms with Gasteiger partial charge in [0.2, 0.25) is 5.91 Å². The molecule has 0 aromatic carbocycles. The number of rotatable bonds is 33. The SMILES string of the molecule is CCCCCCCCCCCCCCC/C=C/C(O)C(COC1OC(CO)C(O)C(OS(=O)(=O)O)C1O)NC(=O)C(O)CCCCCCCCCC. The summed E-state index contributed by atoms with van der Waals surface area (Å²) in [5, 5.41) is 54.8. The van der Waals surface area contributed by atoms with Crippen LogP contribution in [0.2, 0.25) is 0 Å². The summed E-state index contributed by atoms with van der Waals surface area (Å²) in [4.78, 5) is 13.0. The minimum absolute atomic E-state index is 0.245. The van der Waals surface area contributed by atoms with E-state index in [4.69, 9.17) is 14.0 Å². The van der Waals surface area contributed by atoms with Crippen LogP contribution in [-0.4, -0.2) is 107 Å². The summed E-state index contributed by atoms with van der Waals surface area (Å²) in [5.41, 5.74) is 0. The maximum absolute atomic E-state index is 13.0. The number of aliphatic hydroxyl groups is 5. The van der Waals surface area contributed by atoms with Crippen LogP contribution in [0.5, 0.6) is 0 Å². The van der Waals surface area contributed by atoms with E-state index >= 15 is 0 Å². The zero-order chi connectivity index (χ0) is 38.6. The summed E-state index contributed by atoms with van der Waals surface area (Å²) in [5.74, 6) is -0.707. The Morgan fingerprint density at radius 3 is 1.73 bits per heavy atom. The highest BCUT2D eigenvalue weighted by Gasteiger charge is 2.48. The van der Waals surface area contributed by atoms with Crippen LogP contribution in [0.15, 0.2) is 12.2 Å². The van der Waals surface area contributed by atoms with Crippen molar-refractivity contribution in [1.82, 2.24) is 5.32 Å². The molecule has 14 heteroatoms. The van der Waals surface area contributed by atoms with Crippen molar-refractivity contribution in [3.05, 3.63) is 12.2 Å². The van der Waals surface area contributed by atoms with Crippen molar-refractivity contribution in [1.29, 1.82) is 0 Å². The van der Waals surface area contributed by atoms with Crippen LogP contribution in [0.4, 0.5) is 0 Å². The third-order valence-corrected chi connectivity index (χ3v) is 10.1. The van der Waals surface area contributed by atoms with Crippen LogP contribution in [0.25, 0.3) is 0 Å². The fourth-order valence-corrected chi connectivity index (χ4v) is 6.91. The Morgan fingerprint density at radius 1 is 0.769 bits per heavy atom. The molecular weight excluding hydrogens is 694 g/mol. The topological polar surface area (TPSA) is 212 Å². The molecule has 8 unspecified atom stereocenters. The average Bonchev–Trinajstić information content (AvgIpc) is 3.11. The van der Waals surface area contributed by atoms with Crippen LogP contribution >= 0.6 is 0 Å². The van der Waals surface area contributed by atoms with Gasteiger partial charge in [0.25, 0.3) is 0 Å². The molecule has 0 saturated carbocycles. The Balaban J connectivity index is 2.67. The summed E-state index contributed by atoms with van der Waals surface area (Å²) >= 11 is 0. The standard InChI is InChI=1S/C38H73NO12S/c1-3-5-7-9-11-13-14-15-16-17-18-19-21-22-24-26-31(41)30(39-37(45)32(42)27-25-23-20-12-10-8-6-4-2)29-49-38-35(44)36(51-52(46,47)48)34(43)33(28-40)50-38/h24,26,30-36,38,40-44H,3-23,25,27-29H2,1-2H3,(H,39,45)(H,46,47,48)/b26-24+.